The van der Waals surface area contributed by atoms with E-state index in [-0.39, 0.29) is 5.41 Å². The number of benzene rings is 17. The maximum Gasteiger partial charge on any atom is 0.164 e. The Balaban J connectivity index is 0.000000137. The van der Waals surface area contributed by atoms with Crippen molar-refractivity contribution in [3.63, 3.8) is 0 Å². The van der Waals surface area contributed by atoms with Crippen LogP contribution in [-0.4, -0.2) is 24.9 Å². The summed E-state index contributed by atoms with van der Waals surface area (Å²) in [6.45, 7) is 4.70. The molecule has 0 saturated carbocycles. The Kier molecular flexibility index (Phi) is 12.9. The van der Waals surface area contributed by atoms with E-state index < -0.39 is 0 Å². The van der Waals surface area contributed by atoms with Crippen molar-refractivity contribution in [3.05, 3.63) is 333 Å². The summed E-state index contributed by atoms with van der Waals surface area (Å²) in [5, 5.41) is 22.8. The fourth-order valence-corrected chi connectivity index (χ4v) is 15.9. The molecule has 6 nitrogen and oxygen atoms in total. The molecule has 1 aliphatic rings. The van der Waals surface area contributed by atoms with Gasteiger partial charge in [-0.25, -0.2) is 24.9 Å². The molecule has 0 fully saturated rings. The zero-order valence-corrected chi connectivity index (χ0v) is 54.7. The topological polar surface area (TPSA) is 77.6 Å². The fraction of sp³-hybridized carbons (Fsp3) is 0.0319. The van der Waals surface area contributed by atoms with Gasteiger partial charge in [-0.15, -0.1) is 0 Å². The van der Waals surface area contributed by atoms with Crippen molar-refractivity contribution in [3.8, 4) is 79.1 Å². The van der Waals surface area contributed by atoms with Gasteiger partial charge in [-0.05, 0) is 186 Å². The van der Waals surface area contributed by atoms with E-state index in [1.165, 1.54) is 92.3 Å². The lowest BCUT2D eigenvalue weighted by Crippen LogP contribution is -2.14. The average Bonchev–Trinajstić information content (AvgIpc) is 1.50. The lowest BCUT2D eigenvalue weighted by molar-refractivity contribution is 0.661. The largest absolute Gasteiger partial charge is 0.456 e. The van der Waals surface area contributed by atoms with Gasteiger partial charge in [0.2, 0.25) is 0 Å². The molecule has 6 heteroatoms. The Bertz CT molecular complexity index is 6760. The first-order valence-electron chi connectivity index (χ1n) is 34.2. The van der Waals surface area contributed by atoms with Crippen LogP contribution in [0, 0.1) is 0 Å². The number of nitrogens with zero attached hydrogens (tertiary/aromatic N) is 5. The van der Waals surface area contributed by atoms with Crippen molar-refractivity contribution in [1.82, 2.24) is 24.9 Å². The van der Waals surface area contributed by atoms with Gasteiger partial charge in [0.25, 0.3) is 0 Å². The number of furan rings is 1. The number of hydrogen-bond acceptors (Lipinski definition) is 6. The van der Waals surface area contributed by atoms with E-state index in [1.54, 1.807) is 0 Å². The van der Waals surface area contributed by atoms with Crippen molar-refractivity contribution < 1.29 is 4.42 Å². The highest BCUT2D eigenvalue weighted by Crippen LogP contribution is 2.51. The molecule has 0 radical (unpaired) electrons. The number of hydrogen-bond donors (Lipinski definition) is 0. The molecule has 100 heavy (non-hydrogen) atoms. The third kappa shape index (κ3) is 9.36. The molecule has 0 spiro atoms. The molecule has 0 bridgehead atoms. The Labute approximate surface area is 575 Å². The SMILES string of the molecule is CC1(C)c2ccccc2-c2cc3c(ccc4ccc5cc(-c6cc(-c7nc(-c8ccccc8)nc(-c8ccccc8)n7)c7ccccc7c6)ccc5c43)cc21.c1ccc2cc(-c3nc(-c4ccc5c(ccc6ccc7cc8c(cc7c65)oc5ccccc58)c4)nc4ccccc34)ccc2c1. The Hall–Kier alpha value is -13.0. The molecule has 466 valence electrons. The van der Waals surface area contributed by atoms with Gasteiger partial charge in [0, 0.05) is 49.4 Å². The second-order valence-corrected chi connectivity index (χ2v) is 27.0. The highest BCUT2D eigenvalue weighted by molar-refractivity contribution is 6.24. The van der Waals surface area contributed by atoms with E-state index in [1.807, 2.05) is 54.6 Å². The van der Waals surface area contributed by atoms with Gasteiger partial charge in [-0.1, -0.05) is 269 Å². The zero-order chi connectivity index (χ0) is 66.2. The van der Waals surface area contributed by atoms with Crippen molar-refractivity contribution in [1.29, 1.82) is 0 Å². The minimum absolute atomic E-state index is 0.0328. The van der Waals surface area contributed by atoms with Gasteiger partial charge in [-0.2, -0.15) is 0 Å². The minimum Gasteiger partial charge on any atom is -0.456 e. The first-order valence-corrected chi connectivity index (χ1v) is 34.2. The fourth-order valence-electron chi connectivity index (χ4n) is 15.9. The van der Waals surface area contributed by atoms with Gasteiger partial charge in [-0.3, -0.25) is 0 Å². The van der Waals surface area contributed by atoms with E-state index in [9.17, 15) is 0 Å². The summed E-state index contributed by atoms with van der Waals surface area (Å²) < 4.78 is 6.29. The Morgan fingerprint density at radius 1 is 0.230 bits per heavy atom. The van der Waals surface area contributed by atoms with E-state index in [0.717, 1.165) is 99.5 Å². The molecule has 0 N–H and O–H groups in total. The molecule has 20 aromatic rings. The second kappa shape index (κ2) is 22.5. The molecule has 3 aromatic heterocycles. The summed E-state index contributed by atoms with van der Waals surface area (Å²) >= 11 is 0. The highest BCUT2D eigenvalue weighted by atomic mass is 16.3. The normalized spacial score (nSPS) is 12.6. The van der Waals surface area contributed by atoms with E-state index in [0.29, 0.717) is 17.5 Å². The third-order valence-electron chi connectivity index (χ3n) is 20.8. The van der Waals surface area contributed by atoms with Crippen LogP contribution < -0.4 is 0 Å². The average molecular weight is 1270 g/mol. The third-order valence-corrected chi connectivity index (χ3v) is 20.8. The molecular weight excluding hydrogens is 1220 g/mol. The molecule has 0 unspecified atom stereocenters. The first kappa shape index (κ1) is 57.2. The number of fused-ring (bicyclic) bond motifs is 19. The molecule has 0 saturated heterocycles. The summed E-state index contributed by atoms with van der Waals surface area (Å²) in [6, 6.07) is 115. The van der Waals surface area contributed by atoms with E-state index in [4.69, 9.17) is 29.3 Å². The smallest absolute Gasteiger partial charge is 0.164 e. The monoisotopic (exact) mass is 1270 g/mol. The second-order valence-electron chi connectivity index (χ2n) is 27.0. The predicted octanol–water partition coefficient (Wildman–Crippen LogP) is 24.9. The summed E-state index contributed by atoms with van der Waals surface area (Å²) in [4.78, 5) is 25.4. The van der Waals surface area contributed by atoms with Crippen LogP contribution in [0.4, 0.5) is 0 Å². The van der Waals surface area contributed by atoms with Crippen molar-refractivity contribution in [2.24, 2.45) is 0 Å². The molecular formula is C94H59N5O. The maximum absolute atomic E-state index is 6.29. The molecule has 0 aliphatic heterocycles. The first-order chi connectivity index (χ1) is 49.3. The van der Waals surface area contributed by atoms with Gasteiger partial charge < -0.3 is 4.42 Å². The highest BCUT2D eigenvalue weighted by Gasteiger charge is 2.35. The van der Waals surface area contributed by atoms with Gasteiger partial charge in [0.15, 0.2) is 23.3 Å². The molecule has 0 amide bonds. The van der Waals surface area contributed by atoms with Gasteiger partial charge in [0.1, 0.15) is 11.2 Å². The van der Waals surface area contributed by atoms with Gasteiger partial charge >= 0.3 is 0 Å². The maximum atomic E-state index is 6.29. The summed E-state index contributed by atoms with van der Waals surface area (Å²) in [5.74, 6) is 2.69. The molecule has 3 heterocycles. The molecule has 0 atom stereocenters. The quantitative estimate of drug-likeness (QED) is 0.154. The summed E-state index contributed by atoms with van der Waals surface area (Å²) in [7, 11) is 0. The Morgan fingerprint density at radius 3 is 1.46 bits per heavy atom. The van der Waals surface area contributed by atoms with Crippen LogP contribution in [-0.2, 0) is 5.41 Å². The van der Waals surface area contributed by atoms with Crippen molar-refractivity contribution in [2.45, 2.75) is 19.3 Å². The number of para-hydroxylation sites is 2. The number of aromatic nitrogens is 5. The Morgan fingerprint density at radius 2 is 0.730 bits per heavy atom. The molecule has 21 rings (SSSR count). The lowest BCUT2D eigenvalue weighted by Gasteiger charge is -2.22. The van der Waals surface area contributed by atoms with Crippen molar-refractivity contribution >= 4 is 119 Å². The van der Waals surface area contributed by atoms with E-state index in [2.05, 4.69) is 281 Å². The van der Waals surface area contributed by atoms with Crippen molar-refractivity contribution in [2.75, 3.05) is 0 Å². The van der Waals surface area contributed by atoms with Crippen LogP contribution in [0.25, 0.3) is 198 Å². The molecule has 17 aromatic carbocycles. The van der Waals surface area contributed by atoms with Crippen LogP contribution in [0.5, 0.6) is 0 Å². The van der Waals surface area contributed by atoms with Crippen LogP contribution in [0.1, 0.15) is 25.0 Å². The van der Waals surface area contributed by atoms with Gasteiger partial charge in [0.05, 0.1) is 11.2 Å². The molecule has 1 aliphatic carbocycles. The summed E-state index contributed by atoms with van der Waals surface area (Å²) in [6.07, 6.45) is 0. The minimum atomic E-state index is -0.0328. The van der Waals surface area contributed by atoms with Crippen LogP contribution in [0.2, 0.25) is 0 Å². The van der Waals surface area contributed by atoms with Crippen LogP contribution in [0.3, 0.4) is 0 Å². The zero-order valence-electron chi connectivity index (χ0n) is 54.7. The lowest BCUT2D eigenvalue weighted by atomic mass is 9.81. The van der Waals surface area contributed by atoms with Crippen LogP contribution >= 0.6 is 0 Å². The standard InChI is InChI=1S/C52H35N3.C42H24N2O/c1-52(2)46-20-12-11-19-42(46)44-31-43-38(30-47(44)52)24-22-32-21-23-37-27-35(25-26-41(37)48(32)43)39-28-36-17-9-10-18-40(36)45(29-39)51-54-49(33-13-5-3-6-14-33)53-50(55-51)34-15-7-4-8-16-34;1-2-8-27-21-30(18-13-25(27)7-1)41-34-10-3-5-11-37(34)43-42(44-41)31-19-20-32-28(22-31)16-14-26-15-17-29-23-36-33-9-4-6-12-38(33)45-39(36)24-35(29)40(26)32/h3-31H,1-2H3;1-24H. The van der Waals surface area contributed by atoms with E-state index >= 15 is 0 Å². The summed E-state index contributed by atoms with van der Waals surface area (Å²) in [5.41, 5.74) is 16.4. The predicted molar refractivity (Wildman–Crippen MR) is 417 cm³/mol. The number of rotatable bonds is 6. The van der Waals surface area contributed by atoms with Crippen LogP contribution in [0.15, 0.2) is 326 Å².